The minimum atomic E-state index is -3.81. The quantitative estimate of drug-likeness (QED) is 0.910. The van der Waals surface area contributed by atoms with Crippen molar-refractivity contribution >= 4 is 36.0 Å². The standard InChI is InChI=1S/C11H12N2O4S3/c1-12-8-6-7-11(18-8)20(16,17)10-5-3-4-9(13-10)19(2,14)15/h3-7,12H,1-2H3. The maximum absolute atomic E-state index is 12.4. The van der Waals surface area contributed by atoms with Gasteiger partial charge in [-0.15, -0.1) is 11.3 Å². The molecule has 0 radical (unpaired) electrons. The van der Waals surface area contributed by atoms with Crippen molar-refractivity contribution in [2.75, 3.05) is 18.6 Å². The number of hydrogen-bond acceptors (Lipinski definition) is 7. The van der Waals surface area contributed by atoms with Crippen LogP contribution < -0.4 is 5.32 Å². The largest absolute Gasteiger partial charge is 0.380 e. The van der Waals surface area contributed by atoms with Crippen LogP contribution in [-0.4, -0.2) is 35.1 Å². The number of sulfone groups is 2. The van der Waals surface area contributed by atoms with E-state index in [0.29, 0.717) is 5.00 Å². The van der Waals surface area contributed by atoms with Crippen molar-refractivity contribution in [3.63, 3.8) is 0 Å². The van der Waals surface area contributed by atoms with Crippen molar-refractivity contribution < 1.29 is 16.8 Å². The molecule has 2 aromatic rings. The van der Waals surface area contributed by atoms with Crippen LogP contribution in [-0.2, 0) is 19.7 Å². The number of thiophene rings is 1. The SMILES string of the molecule is CNc1ccc(S(=O)(=O)c2cccc(S(C)(=O)=O)n2)s1. The van der Waals surface area contributed by atoms with Gasteiger partial charge in [-0.2, -0.15) is 0 Å². The predicted molar refractivity (Wildman–Crippen MR) is 76.7 cm³/mol. The summed E-state index contributed by atoms with van der Waals surface area (Å²) in [7, 11) is -5.67. The average Bonchev–Trinajstić information content (AvgIpc) is 2.87. The maximum atomic E-state index is 12.4. The molecule has 0 saturated carbocycles. The maximum Gasteiger partial charge on any atom is 0.233 e. The second-order valence-corrected chi connectivity index (χ2v) is 9.13. The third-order valence-electron chi connectivity index (χ3n) is 2.45. The summed E-state index contributed by atoms with van der Waals surface area (Å²) in [6.07, 6.45) is 0.982. The van der Waals surface area contributed by atoms with Gasteiger partial charge in [0.15, 0.2) is 19.9 Å². The van der Waals surface area contributed by atoms with Crippen LogP contribution in [0.2, 0.25) is 0 Å². The Morgan fingerprint density at radius 1 is 1.05 bits per heavy atom. The van der Waals surface area contributed by atoms with E-state index in [1.54, 1.807) is 13.1 Å². The minimum absolute atomic E-state index is 0.111. The van der Waals surface area contributed by atoms with Gasteiger partial charge in [-0.05, 0) is 24.3 Å². The summed E-state index contributed by atoms with van der Waals surface area (Å²) in [5.41, 5.74) is 0. The molecule has 0 spiro atoms. The van der Waals surface area contributed by atoms with Crippen LogP contribution in [0, 0.1) is 0 Å². The number of nitrogens with zero attached hydrogens (tertiary/aromatic N) is 1. The Labute approximate surface area is 121 Å². The average molecular weight is 332 g/mol. The fourth-order valence-electron chi connectivity index (χ4n) is 1.45. The normalized spacial score (nSPS) is 12.3. The summed E-state index contributed by atoms with van der Waals surface area (Å²) in [4.78, 5) is 3.74. The second kappa shape index (κ2) is 5.15. The van der Waals surface area contributed by atoms with Crippen LogP contribution in [0.4, 0.5) is 5.00 Å². The zero-order valence-corrected chi connectivity index (χ0v) is 13.1. The molecule has 2 rings (SSSR count). The van der Waals surface area contributed by atoms with E-state index >= 15 is 0 Å². The fraction of sp³-hybridized carbons (Fsp3) is 0.182. The van der Waals surface area contributed by atoms with E-state index in [-0.39, 0.29) is 14.3 Å². The zero-order chi connectivity index (χ0) is 15.0. The first-order valence-electron chi connectivity index (χ1n) is 5.45. The van der Waals surface area contributed by atoms with Gasteiger partial charge in [-0.25, -0.2) is 21.8 Å². The molecule has 2 heterocycles. The van der Waals surface area contributed by atoms with E-state index in [1.165, 1.54) is 24.3 Å². The molecule has 108 valence electrons. The first-order valence-corrected chi connectivity index (χ1v) is 9.64. The second-order valence-electron chi connectivity index (χ2n) is 3.96. The van der Waals surface area contributed by atoms with Gasteiger partial charge in [0.2, 0.25) is 9.84 Å². The van der Waals surface area contributed by atoms with Crippen molar-refractivity contribution in [2.24, 2.45) is 0 Å². The highest BCUT2D eigenvalue weighted by Crippen LogP contribution is 2.29. The Bertz CT molecular complexity index is 838. The number of anilines is 1. The van der Waals surface area contributed by atoms with Crippen LogP contribution in [0.3, 0.4) is 0 Å². The van der Waals surface area contributed by atoms with Gasteiger partial charge in [0, 0.05) is 13.3 Å². The highest BCUT2D eigenvalue weighted by Gasteiger charge is 2.23. The molecule has 2 aromatic heterocycles. The molecule has 0 aliphatic carbocycles. The summed E-state index contributed by atoms with van der Waals surface area (Å²) < 4.78 is 47.7. The van der Waals surface area contributed by atoms with Gasteiger partial charge >= 0.3 is 0 Å². The Balaban J connectivity index is 2.55. The third kappa shape index (κ3) is 2.84. The Kier molecular flexibility index (Phi) is 3.85. The molecule has 1 N–H and O–H groups in total. The Morgan fingerprint density at radius 3 is 2.25 bits per heavy atom. The molecule has 0 bridgehead atoms. The summed E-state index contributed by atoms with van der Waals surface area (Å²) >= 11 is 1.06. The third-order valence-corrected chi connectivity index (χ3v) is 6.68. The lowest BCUT2D eigenvalue weighted by Crippen LogP contribution is -2.07. The Hall–Kier alpha value is -1.45. The lowest BCUT2D eigenvalue weighted by Gasteiger charge is -2.03. The van der Waals surface area contributed by atoms with Crippen LogP contribution >= 0.6 is 11.3 Å². The van der Waals surface area contributed by atoms with E-state index < -0.39 is 19.7 Å². The van der Waals surface area contributed by atoms with Crippen molar-refractivity contribution in [3.8, 4) is 0 Å². The van der Waals surface area contributed by atoms with E-state index in [9.17, 15) is 16.8 Å². The number of nitrogens with one attached hydrogen (secondary N) is 1. The van der Waals surface area contributed by atoms with Crippen molar-refractivity contribution in [3.05, 3.63) is 30.3 Å². The minimum Gasteiger partial charge on any atom is -0.380 e. The van der Waals surface area contributed by atoms with Gasteiger partial charge in [0.1, 0.15) is 4.21 Å². The molecule has 20 heavy (non-hydrogen) atoms. The fourth-order valence-corrected chi connectivity index (χ4v) is 4.59. The van der Waals surface area contributed by atoms with E-state index in [0.717, 1.165) is 17.6 Å². The highest BCUT2D eigenvalue weighted by atomic mass is 32.2. The summed E-state index contributed by atoms with van der Waals surface area (Å²) in [6.45, 7) is 0. The molecule has 9 heteroatoms. The number of pyridine rings is 1. The molecule has 0 fully saturated rings. The lowest BCUT2D eigenvalue weighted by molar-refractivity contribution is 0.589. The van der Waals surface area contributed by atoms with Crippen LogP contribution in [0.15, 0.2) is 44.6 Å². The summed E-state index contributed by atoms with van der Waals surface area (Å²) in [5, 5.41) is 3.01. The van der Waals surface area contributed by atoms with E-state index in [2.05, 4.69) is 10.3 Å². The van der Waals surface area contributed by atoms with Crippen molar-refractivity contribution in [2.45, 2.75) is 14.3 Å². The van der Waals surface area contributed by atoms with E-state index in [4.69, 9.17) is 0 Å². The molecular weight excluding hydrogens is 320 g/mol. The smallest absolute Gasteiger partial charge is 0.233 e. The molecule has 0 aliphatic heterocycles. The molecule has 0 aromatic carbocycles. The molecule has 0 amide bonds. The van der Waals surface area contributed by atoms with Crippen LogP contribution in [0.25, 0.3) is 0 Å². The van der Waals surface area contributed by atoms with Crippen molar-refractivity contribution in [1.82, 2.24) is 4.98 Å². The number of aromatic nitrogens is 1. The van der Waals surface area contributed by atoms with Crippen molar-refractivity contribution in [1.29, 1.82) is 0 Å². The summed E-state index contributed by atoms with van der Waals surface area (Å²) in [5.74, 6) is 0. The lowest BCUT2D eigenvalue weighted by atomic mass is 10.5. The van der Waals surface area contributed by atoms with Gasteiger partial charge < -0.3 is 5.32 Å². The number of hydrogen-bond donors (Lipinski definition) is 1. The first-order chi connectivity index (χ1) is 9.25. The van der Waals surface area contributed by atoms with Crippen LogP contribution in [0.1, 0.15) is 0 Å². The highest BCUT2D eigenvalue weighted by molar-refractivity contribution is 7.93. The molecular formula is C11H12N2O4S3. The molecule has 0 atom stereocenters. The van der Waals surface area contributed by atoms with E-state index in [1.807, 2.05) is 0 Å². The van der Waals surface area contributed by atoms with Gasteiger partial charge in [-0.1, -0.05) is 6.07 Å². The van der Waals surface area contributed by atoms with Crippen LogP contribution in [0.5, 0.6) is 0 Å². The van der Waals surface area contributed by atoms with Gasteiger partial charge in [0.05, 0.1) is 5.00 Å². The number of rotatable bonds is 4. The summed E-state index contributed by atoms with van der Waals surface area (Å²) in [6, 6.07) is 7.01. The molecule has 0 saturated heterocycles. The first kappa shape index (κ1) is 14.9. The van der Waals surface area contributed by atoms with Gasteiger partial charge in [-0.3, -0.25) is 0 Å². The molecule has 6 nitrogen and oxygen atoms in total. The Morgan fingerprint density at radius 2 is 1.70 bits per heavy atom. The molecule has 0 unspecified atom stereocenters. The van der Waals surface area contributed by atoms with Gasteiger partial charge in [0.25, 0.3) is 0 Å². The zero-order valence-electron chi connectivity index (χ0n) is 10.7. The topological polar surface area (TPSA) is 93.2 Å². The predicted octanol–water partition coefficient (Wildman–Crippen LogP) is 1.42. The molecule has 0 aliphatic rings. The monoisotopic (exact) mass is 332 g/mol.